The van der Waals surface area contributed by atoms with Crippen molar-refractivity contribution in [1.29, 1.82) is 0 Å². The van der Waals surface area contributed by atoms with Crippen molar-refractivity contribution >= 4 is 29.5 Å². The molecule has 3 rings (SSSR count). The molecule has 0 aliphatic carbocycles. The van der Waals surface area contributed by atoms with Crippen LogP contribution < -0.4 is 0 Å². The Kier molecular flexibility index (Phi) is 8.27. The maximum absolute atomic E-state index is 13.3. The fraction of sp³-hybridized carbons (Fsp3) is 0.640. The summed E-state index contributed by atoms with van der Waals surface area (Å²) in [7, 11) is 1.75. The van der Waals surface area contributed by atoms with Crippen molar-refractivity contribution in [3.63, 3.8) is 0 Å². The Labute approximate surface area is 202 Å². The lowest BCUT2D eigenvalue weighted by Gasteiger charge is -2.39. The summed E-state index contributed by atoms with van der Waals surface area (Å²) in [5.41, 5.74) is 0.0617. The number of amides is 3. The van der Waals surface area contributed by atoms with Gasteiger partial charge in [0.05, 0.1) is 5.92 Å². The normalized spacial score (nSPS) is 21.5. The van der Waals surface area contributed by atoms with Crippen molar-refractivity contribution in [1.82, 2.24) is 14.7 Å². The van der Waals surface area contributed by atoms with Crippen molar-refractivity contribution < 1.29 is 19.1 Å². The molecule has 1 aromatic carbocycles. The Bertz CT molecular complexity index is 852. The molecule has 1 aromatic rings. The fourth-order valence-corrected chi connectivity index (χ4v) is 4.74. The van der Waals surface area contributed by atoms with Crippen LogP contribution >= 0.6 is 11.6 Å². The van der Waals surface area contributed by atoms with Crippen molar-refractivity contribution in [2.75, 3.05) is 39.8 Å². The summed E-state index contributed by atoms with van der Waals surface area (Å²) < 4.78 is 5.45. The molecule has 0 aromatic heterocycles. The number of nitrogens with zero attached hydrogens (tertiary/aromatic N) is 3. The smallest absolute Gasteiger partial charge is 0.410 e. The Balaban J connectivity index is 1.55. The lowest BCUT2D eigenvalue weighted by atomic mass is 9.92. The molecule has 0 radical (unpaired) electrons. The molecule has 2 aliphatic heterocycles. The molecule has 0 saturated carbocycles. The van der Waals surface area contributed by atoms with E-state index in [1.54, 1.807) is 41.1 Å². The van der Waals surface area contributed by atoms with Gasteiger partial charge in [-0.15, -0.1) is 0 Å². The van der Waals surface area contributed by atoms with Gasteiger partial charge in [-0.1, -0.05) is 11.6 Å². The second-order valence-electron chi connectivity index (χ2n) is 10.3. The molecular weight excluding hydrogens is 442 g/mol. The first-order valence-corrected chi connectivity index (χ1v) is 12.2. The predicted octanol–water partition coefficient (Wildman–Crippen LogP) is 4.30. The second-order valence-corrected chi connectivity index (χ2v) is 10.7. The van der Waals surface area contributed by atoms with Crippen LogP contribution in [0.25, 0.3) is 0 Å². The molecule has 2 unspecified atom stereocenters. The molecule has 3 amide bonds. The quantitative estimate of drug-likeness (QED) is 0.648. The van der Waals surface area contributed by atoms with E-state index in [0.29, 0.717) is 36.8 Å². The maximum Gasteiger partial charge on any atom is 0.410 e. The minimum Gasteiger partial charge on any atom is -0.444 e. The molecular formula is C25H36ClN3O4. The lowest BCUT2D eigenvalue weighted by Crippen LogP contribution is -2.50. The van der Waals surface area contributed by atoms with Crippen LogP contribution in [-0.2, 0) is 9.53 Å². The summed E-state index contributed by atoms with van der Waals surface area (Å²) in [5.74, 6) is 0.0980. The van der Waals surface area contributed by atoms with Crippen LogP contribution in [0.4, 0.5) is 4.79 Å². The van der Waals surface area contributed by atoms with Gasteiger partial charge in [0, 0.05) is 50.4 Å². The molecule has 2 aliphatic rings. The van der Waals surface area contributed by atoms with E-state index in [0.717, 1.165) is 32.2 Å². The van der Waals surface area contributed by atoms with Gasteiger partial charge in [-0.2, -0.15) is 0 Å². The van der Waals surface area contributed by atoms with E-state index in [2.05, 4.69) is 0 Å². The monoisotopic (exact) mass is 477 g/mol. The van der Waals surface area contributed by atoms with E-state index >= 15 is 0 Å². The molecule has 0 spiro atoms. The number of likely N-dealkylation sites (tertiary alicyclic amines) is 2. The van der Waals surface area contributed by atoms with Crippen LogP contribution in [-0.4, -0.2) is 78.0 Å². The van der Waals surface area contributed by atoms with E-state index in [-0.39, 0.29) is 29.7 Å². The largest absolute Gasteiger partial charge is 0.444 e. The molecule has 33 heavy (non-hydrogen) atoms. The van der Waals surface area contributed by atoms with Crippen molar-refractivity contribution in [3.05, 3.63) is 34.9 Å². The highest BCUT2D eigenvalue weighted by Gasteiger charge is 2.34. The fourth-order valence-electron chi connectivity index (χ4n) is 4.61. The van der Waals surface area contributed by atoms with E-state index in [1.165, 1.54) is 0 Å². The van der Waals surface area contributed by atoms with Gasteiger partial charge in [-0.25, -0.2) is 4.79 Å². The van der Waals surface area contributed by atoms with Gasteiger partial charge >= 0.3 is 6.09 Å². The van der Waals surface area contributed by atoms with Crippen molar-refractivity contribution in [3.8, 4) is 0 Å². The van der Waals surface area contributed by atoms with E-state index in [9.17, 15) is 14.4 Å². The summed E-state index contributed by atoms with van der Waals surface area (Å²) in [4.78, 5) is 43.9. The number of halogens is 1. The maximum atomic E-state index is 13.3. The number of piperidine rings is 2. The number of hydrogen-bond donors (Lipinski definition) is 0. The molecule has 2 atom stereocenters. The highest BCUT2D eigenvalue weighted by molar-refractivity contribution is 6.30. The summed E-state index contributed by atoms with van der Waals surface area (Å²) in [5, 5.41) is 0.593. The SMILES string of the molecule is CN(CC1CCCN(C(=O)C2CCCN(C(=O)c3ccc(Cl)cc3)C2)C1)C(=O)OC(C)(C)C. The van der Waals surface area contributed by atoms with Gasteiger partial charge in [0.25, 0.3) is 5.91 Å². The standard InChI is InChI=1S/C25H36ClN3O4/c1-25(2,3)33-24(32)27(4)15-18-7-5-13-28(16-18)23(31)20-8-6-14-29(17-20)22(30)19-9-11-21(26)12-10-19/h9-12,18,20H,5-8,13-17H2,1-4H3. The van der Waals surface area contributed by atoms with Gasteiger partial charge < -0.3 is 19.4 Å². The number of hydrogen-bond acceptors (Lipinski definition) is 4. The lowest BCUT2D eigenvalue weighted by molar-refractivity contribution is -0.138. The molecule has 2 heterocycles. The number of carbonyl (C=O) groups is 3. The molecule has 2 fully saturated rings. The van der Waals surface area contributed by atoms with Gasteiger partial charge in [-0.05, 0) is 76.6 Å². The van der Waals surface area contributed by atoms with E-state index in [1.807, 2.05) is 25.7 Å². The summed E-state index contributed by atoms with van der Waals surface area (Å²) >= 11 is 5.94. The number of rotatable bonds is 4. The minimum atomic E-state index is -0.532. The number of ether oxygens (including phenoxy) is 1. The average molecular weight is 478 g/mol. The van der Waals surface area contributed by atoms with Gasteiger partial charge in [-0.3, -0.25) is 9.59 Å². The van der Waals surface area contributed by atoms with Crippen LogP contribution in [0, 0.1) is 11.8 Å². The Hall–Kier alpha value is -2.28. The Morgan fingerprint density at radius 1 is 1.03 bits per heavy atom. The minimum absolute atomic E-state index is 0.0559. The van der Waals surface area contributed by atoms with E-state index in [4.69, 9.17) is 16.3 Å². The zero-order valence-corrected chi connectivity index (χ0v) is 20.9. The van der Waals surface area contributed by atoms with E-state index < -0.39 is 5.60 Å². The molecule has 8 heteroatoms. The highest BCUT2D eigenvalue weighted by Crippen LogP contribution is 2.25. The molecule has 0 N–H and O–H groups in total. The Morgan fingerprint density at radius 2 is 1.67 bits per heavy atom. The number of carbonyl (C=O) groups excluding carboxylic acids is 3. The van der Waals surface area contributed by atoms with Crippen LogP contribution in [0.15, 0.2) is 24.3 Å². The van der Waals surface area contributed by atoms with Gasteiger partial charge in [0.2, 0.25) is 5.91 Å². The Morgan fingerprint density at radius 3 is 2.33 bits per heavy atom. The van der Waals surface area contributed by atoms with Gasteiger partial charge in [0.1, 0.15) is 5.60 Å². The molecule has 2 saturated heterocycles. The predicted molar refractivity (Wildman–Crippen MR) is 128 cm³/mol. The van der Waals surface area contributed by atoms with Crippen molar-refractivity contribution in [2.45, 2.75) is 52.1 Å². The molecule has 0 bridgehead atoms. The highest BCUT2D eigenvalue weighted by atomic mass is 35.5. The first kappa shape index (κ1) is 25.3. The second kappa shape index (κ2) is 10.8. The van der Waals surface area contributed by atoms with Crippen LogP contribution in [0.3, 0.4) is 0 Å². The first-order chi connectivity index (χ1) is 15.5. The molecule has 7 nitrogen and oxygen atoms in total. The molecule has 182 valence electrons. The number of benzene rings is 1. The van der Waals surface area contributed by atoms with Gasteiger partial charge in [0.15, 0.2) is 0 Å². The van der Waals surface area contributed by atoms with Crippen molar-refractivity contribution in [2.24, 2.45) is 11.8 Å². The third kappa shape index (κ3) is 7.10. The van der Waals surface area contributed by atoms with Crippen LogP contribution in [0.5, 0.6) is 0 Å². The average Bonchev–Trinajstić information content (AvgIpc) is 2.77. The first-order valence-electron chi connectivity index (χ1n) is 11.8. The summed E-state index contributed by atoms with van der Waals surface area (Å²) in [6.45, 7) is 8.58. The van der Waals surface area contributed by atoms with Crippen LogP contribution in [0.1, 0.15) is 56.8 Å². The summed E-state index contributed by atoms with van der Waals surface area (Å²) in [6, 6.07) is 6.88. The third-order valence-electron chi connectivity index (χ3n) is 6.22. The zero-order chi connectivity index (χ0) is 24.2. The topological polar surface area (TPSA) is 70.2 Å². The third-order valence-corrected chi connectivity index (χ3v) is 6.47. The van der Waals surface area contributed by atoms with Crippen LogP contribution in [0.2, 0.25) is 5.02 Å². The summed E-state index contributed by atoms with van der Waals surface area (Å²) in [6.07, 6.45) is 3.16. The zero-order valence-electron chi connectivity index (χ0n) is 20.2.